The Morgan fingerprint density at radius 1 is 1.16 bits per heavy atom. The zero-order chi connectivity index (χ0) is 13.8. The fourth-order valence-electron chi connectivity index (χ4n) is 1.69. The molecule has 0 bridgehead atoms. The summed E-state index contributed by atoms with van der Waals surface area (Å²) in [6.07, 6.45) is 0. The summed E-state index contributed by atoms with van der Waals surface area (Å²) in [4.78, 5) is 0. The highest BCUT2D eigenvalue weighted by Gasteiger charge is 2.06. The van der Waals surface area contributed by atoms with Gasteiger partial charge in [-0.1, -0.05) is 0 Å². The third kappa shape index (κ3) is 3.08. The molecular formula is C15H11F2NO. The number of ether oxygens (including phenoxy) is 1. The molecule has 19 heavy (non-hydrogen) atoms. The van der Waals surface area contributed by atoms with Crippen LogP contribution < -0.4 is 4.74 Å². The van der Waals surface area contributed by atoms with Gasteiger partial charge < -0.3 is 4.74 Å². The molecule has 4 heteroatoms. The molecular weight excluding hydrogens is 248 g/mol. The highest BCUT2D eigenvalue weighted by molar-refractivity contribution is 5.35. The smallest absolute Gasteiger partial charge is 0.129 e. The van der Waals surface area contributed by atoms with Crippen molar-refractivity contribution in [2.75, 3.05) is 0 Å². The molecule has 0 fully saturated rings. The van der Waals surface area contributed by atoms with E-state index in [2.05, 4.69) is 0 Å². The van der Waals surface area contributed by atoms with Crippen molar-refractivity contribution < 1.29 is 13.5 Å². The Morgan fingerprint density at radius 2 is 1.95 bits per heavy atom. The van der Waals surface area contributed by atoms with E-state index in [9.17, 15) is 8.78 Å². The van der Waals surface area contributed by atoms with E-state index in [1.807, 2.05) is 6.07 Å². The predicted octanol–water partition coefficient (Wildman–Crippen LogP) is 3.72. The van der Waals surface area contributed by atoms with Crippen molar-refractivity contribution in [2.45, 2.75) is 13.5 Å². The fraction of sp³-hybridized carbons (Fsp3) is 0.133. The molecule has 0 radical (unpaired) electrons. The molecule has 0 N–H and O–H groups in total. The number of halogens is 2. The Hall–Kier alpha value is -2.41. The summed E-state index contributed by atoms with van der Waals surface area (Å²) in [7, 11) is 0. The van der Waals surface area contributed by atoms with Crippen LogP contribution in [0.2, 0.25) is 0 Å². The minimum Gasteiger partial charge on any atom is -0.489 e. The van der Waals surface area contributed by atoms with Crippen molar-refractivity contribution in [1.29, 1.82) is 5.26 Å². The monoisotopic (exact) mass is 259 g/mol. The van der Waals surface area contributed by atoms with Gasteiger partial charge in [-0.2, -0.15) is 5.26 Å². The minimum atomic E-state index is -0.432. The highest BCUT2D eigenvalue weighted by Crippen LogP contribution is 2.20. The molecule has 96 valence electrons. The normalized spacial score (nSPS) is 10.0. The second-order valence-corrected chi connectivity index (χ2v) is 4.12. The van der Waals surface area contributed by atoms with E-state index in [-0.39, 0.29) is 12.4 Å². The van der Waals surface area contributed by atoms with E-state index >= 15 is 0 Å². The van der Waals surface area contributed by atoms with Crippen LogP contribution in [0.4, 0.5) is 8.78 Å². The van der Waals surface area contributed by atoms with Crippen molar-refractivity contribution in [3.05, 3.63) is 64.7 Å². The number of nitrogens with zero attached hydrogens (tertiary/aromatic N) is 1. The van der Waals surface area contributed by atoms with E-state index in [0.717, 1.165) is 0 Å². The average Bonchev–Trinajstić information content (AvgIpc) is 2.39. The van der Waals surface area contributed by atoms with Crippen LogP contribution in [-0.2, 0) is 6.61 Å². The first kappa shape index (κ1) is 13.0. The van der Waals surface area contributed by atoms with E-state index in [4.69, 9.17) is 10.00 Å². The third-order valence-electron chi connectivity index (χ3n) is 2.69. The lowest BCUT2D eigenvalue weighted by molar-refractivity contribution is 0.297. The molecule has 0 amide bonds. The molecule has 0 aliphatic carbocycles. The van der Waals surface area contributed by atoms with Gasteiger partial charge in [0.1, 0.15) is 24.0 Å². The topological polar surface area (TPSA) is 33.0 Å². The second-order valence-electron chi connectivity index (χ2n) is 4.12. The summed E-state index contributed by atoms with van der Waals surface area (Å²) in [6, 6.07) is 10.1. The molecule has 0 saturated carbocycles. The Morgan fingerprint density at radius 3 is 2.63 bits per heavy atom. The molecule has 2 aromatic carbocycles. The molecule has 2 rings (SSSR count). The lowest BCUT2D eigenvalue weighted by atomic mass is 10.1. The predicted molar refractivity (Wildman–Crippen MR) is 66.6 cm³/mol. The Kier molecular flexibility index (Phi) is 3.76. The molecule has 0 aliphatic rings. The molecule has 2 aromatic rings. The van der Waals surface area contributed by atoms with Crippen LogP contribution in [0.3, 0.4) is 0 Å². The number of hydrogen-bond donors (Lipinski definition) is 0. The van der Waals surface area contributed by atoms with Crippen LogP contribution in [0.5, 0.6) is 5.75 Å². The van der Waals surface area contributed by atoms with Crippen LogP contribution in [0.25, 0.3) is 0 Å². The quantitative estimate of drug-likeness (QED) is 0.841. The summed E-state index contributed by atoms with van der Waals surface area (Å²) in [6.45, 7) is 1.70. The average molecular weight is 259 g/mol. The van der Waals surface area contributed by atoms with Gasteiger partial charge in [-0.15, -0.1) is 0 Å². The summed E-state index contributed by atoms with van der Waals surface area (Å²) in [5.41, 5.74) is 1.30. The first-order chi connectivity index (χ1) is 9.10. The maximum atomic E-state index is 13.5. The fourth-order valence-corrected chi connectivity index (χ4v) is 1.69. The van der Waals surface area contributed by atoms with Gasteiger partial charge in [0.25, 0.3) is 0 Å². The largest absolute Gasteiger partial charge is 0.489 e. The van der Waals surface area contributed by atoms with Gasteiger partial charge in [-0.05, 0) is 48.9 Å². The summed E-state index contributed by atoms with van der Waals surface area (Å²) in [5, 5.41) is 8.76. The van der Waals surface area contributed by atoms with Crippen LogP contribution in [0.15, 0.2) is 36.4 Å². The molecule has 2 nitrogen and oxygen atoms in total. The lowest BCUT2D eigenvalue weighted by Crippen LogP contribution is -2.00. The van der Waals surface area contributed by atoms with Crippen LogP contribution >= 0.6 is 0 Å². The SMILES string of the molecule is Cc1cc(F)ccc1OCc1cc(C#N)ccc1F. The molecule has 0 unspecified atom stereocenters. The summed E-state index contributed by atoms with van der Waals surface area (Å²) in [5.74, 6) is -0.288. The molecule has 0 saturated heterocycles. The summed E-state index contributed by atoms with van der Waals surface area (Å²) >= 11 is 0. The van der Waals surface area contributed by atoms with E-state index < -0.39 is 5.82 Å². The lowest BCUT2D eigenvalue weighted by Gasteiger charge is -2.10. The summed E-state index contributed by atoms with van der Waals surface area (Å²) < 4.78 is 31.9. The molecule has 0 heterocycles. The van der Waals surface area contributed by atoms with Gasteiger partial charge in [0, 0.05) is 5.56 Å². The van der Waals surface area contributed by atoms with Gasteiger partial charge in [-0.3, -0.25) is 0 Å². The number of hydrogen-bond acceptors (Lipinski definition) is 2. The third-order valence-corrected chi connectivity index (χ3v) is 2.69. The maximum Gasteiger partial charge on any atom is 0.129 e. The Balaban J connectivity index is 2.16. The maximum absolute atomic E-state index is 13.5. The number of nitriles is 1. The minimum absolute atomic E-state index is 0.00613. The second kappa shape index (κ2) is 5.49. The number of rotatable bonds is 3. The number of aryl methyl sites for hydroxylation is 1. The van der Waals surface area contributed by atoms with Crippen LogP contribution in [0.1, 0.15) is 16.7 Å². The van der Waals surface area contributed by atoms with Crippen molar-refractivity contribution in [3.8, 4) is 11.8 Å². The number of benzene rings is 2. The highest BCUT2D eigenvalue weighted by atomic mass is 19.1. The van der Waals surface area contributed by atoms with Crippen LogP contribution in [-0.4, -0.2) is 0 Å². The Bertz CT molecular complexity index is 647. The zero-order valence-corrected chi connectivity index (χ0v) is 10.3. The van der Waals surface area contributed by atoms with Gasteiger partial charge in [0.15, 0.2) is 0 Å². The van der Waals surface area contributed by atoms with E-state index in [1.165, 1.54) is 36.4 Å². The van der Waals surface area contributed by atoms with Crippen molar-refractivity contribution in [2.24, 2.45) is 0 Å². The van der Waals surface area contributed by atoms with Crippen molar-refractivity contribution >= 4 is 0 Å². The molecule has 0 aliphatic heterocycles. The molecule has 0 aromatic heterocycles. The van der Waals surface area contributed by atoms with E-state index in [1.54, 1.807) is 6.92 Å². The molecule has 0 atom stereocenters. The van der Waals surface area contributed by atoms with Crippen molar-refractivity contribution in [3.63, 3.8) is 0 Å². The zero-order valence-electron chi connectivity index (χ0n) is 10.3. The molecule has 0 spiro atoms. The Labute approximate surface area is 109 Å². The van der Waals surface area contributed by atoms with E-state index in [0.29, 0.717) is 22.4 Å². The first-order valence-electron chi connectivity index (χ1n) is 5.67. The van der Waals surface area contributed by atoms with Gasteiger partial charge in [-0.25, -0.2) is 8.78 Å². The van der Waals surface area contributed by atoms with Crippen LogP contribution in [0, 0.1) is 29.9 Å². The van der Waals surface area contributed by atoms with Gasteiger partial charge in [0.2, 0.25) is 0 Å². The van der Waals surface area contributed by atoms with Crippen molar-refractivity contribution in [1.82, 2.24) is 0 Å². The first-order valence-corrected chi connectivity index (χ1v) is 5.67. The van der Waals surface area contributed by atoms with Gasteiger partial charge in [0.05, 0.1) is 11.6 Å². The standard InChI is InChI=1S/C15H11F2NO/c1-10-6-13(16)3-5-15(10)19-9-12-7-11(8-18)2-4-14(12)17/h2-7H,9H2,1H3. The van der Waals surface area contributed by atoms with Gasteiger partial charge >= 0.3 is 0 Å².